The quantitative estimate of drug-likeness (QED) is 0.468. The second kappa shape index (κ2) is 7.42. The van der Waals surface area contributed by atoms with E-state index < -0.39 is 8.32 Å². The Morgan fingerprint density at radius 3 is 2.00 bits per heavy atom. The minimum Gasteiger partial charge on any atom is -0.543 e. The Balaban J connectivity index is 2.98. The first-order chi connectivity index (χ1) is 8.71. The molecule has 0 heterocycles. The van der Waals surface area contributed by atoms with Gasteiger partial charge < -0.3 is 4.43 Å². The van der Waals surface area contributed by atoms with Crippen molar-refractivity contribution in [2.45, 2.75) is 52.2 Å². The summed E-state index contributed by atoms with van der Waals surface area (Å²) in [5, 5.41) is 0. The lowest BCUT2D eigenvalue weighted by atomic mass is 10.2. The van der Waals surface area contributed by atoms with E-state index in [0.29, 0.717) is 0 Å². The van der Waals surface area contributed by atoms with Gasteiger partial charge in [0.15, 0.2) is 0 Å². The number of allylic oxidation sites excluding steroid dienone is 1. The van der Waals surface area contributed by atoms with E-state index in [-0.39, 0.29) is 0 Å². The second-order valence-electron chi connectivity index (χ2n) is 4.69. The van der Waals surface area contributed by atoms with Gasteiger partial charge in [0.25, 0.3) is 0 Å². The van der Waals surface area contributed by atoms with Crippen LogP contribution in [0.4, 0.5) is 0 Å². The highest BCUT2D eigenvalue weighted by atomic mass is 28.4. The first-order valence-corrected chi connectivity index (χ1v) is 9.68. The zero-order chi connectivity index (χ0) is 13.4. The van der Waals surface area contributed by atoms with E-state index in [1.54, 1.807) is 0 Å². The third kappa shape index (κ3) is 3.74. The molecular formula is C16H26OSi. The molecule has 0 spiro atoms. The fraction of sp³-hybridized carbons (Fsp3) is 0.500. The largest absolute Gasteiger partial charge is 0.543 e. The summed E-state index contributed by atoms with van der Waals surface area (Å²) in [5.74, 6) is 1.09. The van der Waals surface area contributed by atoms with Crippen LogP contribution in [0.3, 0.4) is 0 Å². The van der Waals surface area contributed by atoms with Crippen molar-refractivity contribution in [2.75, 3.05) is 0 Å². The fourth-order valence-corrected chi connectivity index (χ4v) is 4.81. The van der Waals surface area contributed by atoms with E-state index >= 15 is 0 Å². The first kappa shape index (κ1) is 15.0. The monoisotopic (exact) mass is 262 g/mol. The van der Waals surface area contributed by atoms with Gasteiger partial charge in [0, 0.05) is 5.56 Å². The highest BCUT2D eigenvalue weighted by molar-refractivity contribution is 6.74. The lowest BCUT2D eigenvalue weighted by molar-refractivity contribution is 0.489. The molecule has 0 N–H and O–H groups in total. The number of rotatable bonds is 7. The molecule has 0 fully saturated rings. The van der Waals surface area contributed by atoms with Crippen LogP contribution in [0.25, 0.3) is 5.76 Å². The van der Waals surface area contributed by atoms with Gasteiger partial charge in [-0.05, 0) is 30.6 Å². The topological polar surface area (TPSA) is 9.23 Å². The van der Waals surface area contributed by atoms with Crippen molar-refractivity contribution in [2.24, 2.45) is 0 Å². The summed E-state index contributed by atoms with van der Waals surface area (Å²) < 4.78 is 6.51. The molecule has 0 bridgehead atoms. The molecule has 0 radical (unpaired) electrons. The van der Waals surface area contributed by atoms with Gasteiger partial charge in [-0.1, -0.05) is 58.0 Å². The Morgan fingerprint density at radius 2 is 1.56 bits per heavy atom. The van der Waals surface area contributed by atoms with Crippen LogP contribution in [0.1, 0.15) is 39.7 Å². The minimum atomic E-state index is -1.57. The Labute approximate surface area is 113 Å². The molecule has 18 heavy (non-hydrogen) atoms. The Bertz CT molecular complexity index is 358. The van der Waals surface area contributed by atoms with E-state index in [2.05, 4.69) is 64.1 Å². The molecule has 0 aliphatic carbocycles. The molecule has 1 rings (SSSR count). The molecule has 0 aliphatic rings. The summed E-state index contributed by atoms with van der Waals surface area (Å²) >= 11 is 0. The van der Waals surface area contributed by atoms with Crippen molar-refractivity contribution < 1.29 is 4.43 Å². The predicted octanol–water partition coefficient (Wildman–Crippen LogP) is 5.46. The molecule has 1 nitrogen and oxygen atoms in total. The number of benzene rings is 1. The summed E-state index contributed by atoms with van der Waals surface area (Å²) in [4.78, 5) is 0. The van der Waals surface area contributed by atoms with Crippen molar-refractivity contribution in [3.05, 3.63) is 42.0 Å². The van der Waals surface area contributed by atoms with Gasteiger partial charge in [-0.25, -0.2) is 0 Å². The van der Waals surface area contributed by atoms with E-state index in [0.717, 1.165) is 12.2 Å². The SMILES string of the molecule is CC/C=C(/O[Si](CC)(CC)CC)c1ccccc1. The molecule has 0 amide bonds. The lowest BCUT2D eigenvalue weighted by Crippen LogP contribution is -2.35. The average Bonchev–Trinajstić information content (AvgIpc) is 2.45. The summed E-state index contributed by atoms with van der Waals surface area (Å²) in [7, 11) is -1.57. The van der Waals surface area contributed by atoms with E-state index in [1.807, 2.05) is 0 Å². The second-order valence-corrected chi connectivity index (χ2v) is 9.38. The summed E-state index contributed by atoms with van der Waals surface area (Å²) in [6.45, 7) is 8.98. The molecule has 1 aromatic rings. The zero-order valence-electron chi connectivity index (χ0n) is 12.2. The van der Waals surface area contributed by atoms with Crippen LogP contribution in [0.5, 0.6) is 0 Å². The van der Waals surface area contributed by atoms with Crippen LogP contribution in [-0.4, -0.2) is 8.32 Å². The molecule has 0 unspecified atom stereocenters. The van der Waals surface area contributed by atoms with Crippen LogP contribution < -0.4 is 0 Å². The van der Waals surface area contributed by atoms with Gasteiger partial charge in [0.1, 0.15) is 5.76 Å². The van der Waals surface area contributed by atoms with Crippen LogP contribution in [0.2, 0.25) is 18.1 Å². The molecule has 0 saturated carbocycles. The van der Waals surface area contributed by atoms with Crippen LogP contribution in [-0.2, 0) is 4.43 Å². The van der Waals surface area contributed by atoms with Crippen LogP contribution in [0.15, 0.2) is 36.4 Å². The molecule has 0 saturated heterocycles. The molecule has 0 atom stereocenters. The highest BCUT2D eigenvalue weighted by Gasteiger charge is 2.31. The molecule has 2 heteroatoms. The maximum Gasteiger partial charge on any atom is 0.250 e. The zero-order valence-corrected chi connectivity index (χ0v) is 13.2. The average molecular weight is 262 g/mol. The Kier molecular flexibility index (Phi) is 6.20. The first-order valence-electron chi connectivity index (χ1n) is 7.15. The molecule has 0 aliphatic heterocycles. The maximum atomic E-state index is 6.51. The van der Waals surface area contributed by atoms with E-state index in [4.69, 9.17) is 4.43 Å². The van der Waals surface area contributed by atoms with Gasteiger partial charge in [-0.3, -0.25) is 0 Å². The summed E-state index contributed by atoms with van der Waals surface area (Å²) in [6.07, 6.45) is 3.24. The van der Waals surface area contributed by atoms with Gasteiger partial charge in [-0.15, -0.1) is 0 Å². The standard InChI is InChI=1S/C16H26OSi/c1-5-12-16(15-13-10-9-11-14-15)17-18(6-2,7-3)8-4/h9-14H,5-8H2,1-4H3/b16-12+. The van der Waals surface area contributed by atoms with Gasteiger partial charge in [0.05, 0.1) is 0 Å². The fourth-order valence-electron chi connectivity index (χ4n) is 2.21. The minimum absolute atomic E-state index is 1.02. The third-order valence-electron chi connectivity index (χ3n) is 3.71. The molecular weight excluding hydrogens is 236 g/mol. The predicted molar refractivity (Wildman–Crippen MR) is 83.0 cm³/mol. The van der Waals surface area contributed by atoms with Crippen LogP contribution >= 0.6 is 0 Å². The maximum absolute atomic E-state index is 6.51. The molecule has 0 aromatic heterocycles. The van der Waals surface area contributed by atoms with Crippen molar-refractivity contribution in [1.82, 2.24) is 0 Å². The van der Waals surface area contributed by atoms with Crippen molar-refractivity contribution in [3.63, 3.8) is 0 Å². The van der Waals surface area contributed by atoms with E-state index in [1.165, 1.54) is 23.7 Å². The van der Waals surface area contributed by atoms with E-state index in [9.17, 15) is 0 Å². The number of hydrogen-bond acceptors (Lipinski definition) is 1. The highest BCUT2D eigenvalue weighted by Crippen LogP contribution is 2.29. The van der Waals surface area contributed by atoms with Gasteiger partial charge in [-0.2, -0.15) is 0 Å². The normalized spacial score (nSPS) is 12.6. The lowest BCUT2D eigenvalue weighted by Gasteiger charge is -2.30. The van der Waals surface area contributed by atoms with Gasteiger partial charge >= 0.3 is 0 Å². The number of hydrogen-bond donors (Lipinski definition) is 0. The van der Waals surface area contributed by atoms with Crippen molar-refractivity contribution in [1.29, 1.82) is 0 Å². The molecule has 100 valence electrons. The Morgan fingerprint density at radius 1 is 1.00 bits per heavy atom. The summed E-state index contributed by atoms with van der Waals surface area (Å²) in [5.41, 5.74) is 1.21. The van der Waals surface area contributed by atoms with Crippen LogP contribution in [0, 0.1) is 0 Å². The third-order valence-corrected chi connectivity index (χ3v) is 8.23. The molecule has 1 aromatic carbocycles. The van der Waals surface area contributed by atoms with Gasteiger partial charge in [0.2, 0.25) is 8.32 Å². The van der Waals surface area contributed by atoms with Crippen molar-refractivity contribution >= 4 is 14.1 Å². The summed E-state index contributed by atoms with van der Waals surface area (Å²) in [6, 6.07) is 14.1. The smallest absolute Gasteiger partial charge is 0.250 e. The Hall–Kier alpha value is -1.02. The van der Waals surface area contributed by atoms with Crippen molar-refractivity contribution in [3.8, 4) is 0 Å².